The van der Waals surface area contributed by atoms with E-state index in [4.69, 9.17) is 0 Å². The molecule has 0 radical (unpaired) electrons. The summed E-state index contributed by atoms with van der Waals surface area (Å²) in [5.74, 6) is 5.75. The molecule has 0 heterocycles. The minimum Gasteiger partial charge on any atom is -0.312 e. The third-order valence-electron chi connectivity index (χ3n) is 6.03. The second kappa shape index (κ2) is 7.02. The van der Waals surface area contributed by atoms with E-state index < -0.39 is 0 Å². The highest BCUT2D eigenvalue weighted by Gasteiger charge is 2.37. The summed E-state index contributed by atoms with van der Waals surface area (Å²) in [7, 11) is 0. The molecule has 1 heteroatoms. The molecule has 1 nitrogen and oxygen atoms in total. The van der Waals surface area contributed by atoms with Gasteiger partial charge in [0.2, 0.25) is 0 Å². The van der Waals surface area contributed by atoms with Crippen LogP contribution in [0.25, 0.3) is 0 Å². The zero-order valence-electron chi connectivity index (χ0n) is 15.4. The molecular formula is C20H39N. The number of rotatable bonds is 3. The Hall–Kier alpha value is -0.0400. The molecule has 2 aliphatic carbocycles. The van der Waals surface area contributed by atoms with Crippen molar-refractivity contribution in [3.63, 3.8) is 0 Å². The molecule has 2 saturated carbocycles. The van der Waals surface area contributed by atoms with Crippen molar-refractivity contribution in [1.29, 1.82) is 0 Å². The fourth-order valence-corrected chi connectivity index (χ4v) is 5.11. The smallest absolute Gasteiger partial charge is 0.00966 e. The molecule has 0 spiro atoms. The lowest BCUT2D eigenvalue weighted by molar-refractivity contribution is 0.0668. The molecular weight excluding hydrogens is 254 g/mol. The molecule has 0 aromatic carbocycles. The number of nitrogens with one attached hydrogen (secondary N) is 1. The summed E-state index contributed by atoms with van der Waals surface area (Å²) in [6.07, 6.45) is 8.84. The first kappa shape index (κ1) is 17.3. The molecule has 0 bridgehead atoms. The van der Waals surface area contributed by atoms with Crippen LogP contribution in [0.15, 0.2) is 0 Å². The van der Waals surface area contributed by atoms with Gasteiger partial charge in [0, 0.05) is 5.54 Å². The largest absolute Gasteiger partial charge is 0.312 e. The minimum atomic E-state index is 0.265. The topological polar surface area (TPSA) is 12.0 Å². The van der Waals surface area contributed by atoms with Gasteiger partial charge in [-0.1, -0.05) is 27.2 Å². The normalized spacial score (nSPS) is 42.0. The minimum absolute atomic E-state index is 0.265. The molecule has 0 aromatic heterocycles. The van der Waals surface area contributed by atoms with E-state index in [0.717, 1.165) is 35.5 Å². The molecule has 21 heavy (non-hydrogen) atoms. The lowest BCUT2D eigenvalue weighted by Crippen LogP contribution is -2.44. The Kier molecular flexibility index (Phi) is 5.79. The van der Waals surface area contributed by atoms with Crippen LogP contribution in [-0.2, 0) is 0 Å². The van der Waals surface area contributed by atoms with E-state index in [0.29, 0.717) is 0 Å². The van der Waals surface area contributed by atoms with Crippen molar-refractivity contribution in [1.82, 2.24) is 5.32 Å². The van der Waals surface area contributed by atoms with E-state index in [-0.39, 0.29) is 5.54 Å². The van der Waals surface area contributed by atoms with E-state index in [1.807, 2.05) is 0 Å². The highest BCUT2D eigenvalue weighted by Crippen LogP contribution is 2.45. The van der Waals surface area contributed by atoms with Gasteiger partial charge in [0.05, 0.1) is 0 Å². The van der Waals surface area contributed by atoms with E-state index in [1.165, 1.54) is 45.1 Å². The fourth-order valence-electron chi connectivity index (χ4n) is 5.11. The van der Waals surface area contributed by atoms with E-state index in [9.17, 15) is 0 Å². The van der Waals surface area contributed by atoms with Crippen LogP contribution >= 0.6 is 0 Å². The van der Waals surface area contributed by atoms with Crippen molar-refractivity contribution in [3.8, 4) is 0 Å². The van der Waals surface area contributed by atoms with E-state index >= 15 is 0 Å². The van der Waals surface area contributed by atoms with Crippen molar-refractivity contribution >= 4 is 0 Å². The molecule has 2 rings (SSSR count). The van der Waals surface area contributed by atoms with Gasteiger partial charge in [-0.25, -0.2) is 0 Å². The Labute approximate surface area is 133 Å². The Balaban J connectivity index is 2.00. The summed E-state index contributed by atoms with van der Waals surface area (Å²) in [5.41, 5.74) is 0.265. The van der Waals surface area contributed by atoms with Crippen LogP contribution in [0.1, 0.15) is 80.1 Å². The van der Waals surface area contributed by atoms with Gasteiger partial charge in [-0.15, -0.1) is 0 Å². The first-order chi connectivity index (χ1) is 9.74. The van der Waals surface area contributed by atoms with Crippen molar-refractivity contribution < 1.29 is 0 Å². The maximum atomic E-state index is 3.80. The average Bonchev–Trinajstić information content (AvgIpc) is 2.35. The first-order valence-corrected chi connectivity index (χ1v) is 9.49. The predicted octanol–water partition coefficient (Wildman–Crippen LogP) is 5.50. The van der Waals surface area contributed by atoms with Gasteiger partial charge in [0.25, 0.3) is 0 Å². The molecule has 2 aliphatic rings. The van der Waals surface area contributed by atoms with Crippen molar-refractivity contribution in [2.75, 3.05) is 6.54 Å². The van der Waals surface area contributed by atoms with Gasteiger partial charge in [0.1, 0.15) is 0 Å². The average molecular weight is 294 g/mol. The zero-order valence-corrected chi connectivity index (χ0v) is 15.4. The van der Waals surface area contributed by atoms with Gasteiger partial charge < -0.3 is 5.32 Å². The number of hydrogen-bond donors (Lipinski definition) is 1. The maximum absolute atomic E-state index is 3.80. The second-order valence-corrected chi connectivity index (χ2v) is 9.65. The molecule has 1 N–H and O–H groups in total. The monoisotopic (exact) mass is 293 g/mol. The highest BCUT2D eigenvalue weighted by molar-refractivity contribution is 4.89. The Bertz CT molecular complexity index is 306. The molecule has 5 unspecified atom stereocenters. The summed E-state index contributed by atoms with van der Waals surface area (Å²) in [5, 5.41) is 3.80. The predicted molar refractivity (Wildman–Crippen MR) is 93.4 cm³/mol. The summed E-state index contributed by atoms with van der Waals surface area (Å²) in [6, 6.07) is 0. The Morgan fingerprint density at radius 1 is 0.810 bits per heavy atom. The summed E-state index contributed by atoms with van der Waals surface area (Å²) in [6.45, 7) is 15.6. The van der Waals surface area contributed by atoms with Crippen LogP contribution < -0.4 is 5.32 Å². The Morgan fingerprint density at radius 3 is 2.00 bits per heavy atom. The van der Waals surface area contributed by atoms with Gasteiger partial charge in [-0.05, 0) is 94.9 Å². The third-order valence-corrected chi connectivity index (χ3v) is 6.03. The van der Waals surface area contributed by atoms with Gasteiger partial charge in [-0.2, -0.15) is 0 Å². The van der Waals surface area contributed by atoms with Crippen LogP contribution in [-0.4, -0.2) is 12.1 Å². The molecule has 5 atom stereocenters. The SMILES string of the molecule is CC1CC(C)CC(C2CC(C)CCC2CNC(C)(C)C)C1. The zero-order chi connectivity index (χ0) is 15.6. The fraction of sp³-hybridized carbons (Fsp3) is 1.00. The van der Waals surface area contributed by atoms with Crippen molar-refractivity contribution in [2.24, 2.45) is 35.5 Å². The summed E-state index contributed by atoms with van der Waals surface area (Å²) < 4.78 is 0. The molecule has 0 amide bonds. The third kappa shape index (κ3) is 5.27. The van der Waals surface area contributed by atoms with Crippen LogP contribution in [0.4, 0.5) is 0 Å². The quantitative estimate of drug-likeness (QED) is 0.724. The van der Waals surface area contributed by atoms with Gasteiger partial charge in [0.15, 0.2) is 0 Å². The summed E-state index contributed by atoms with van der Waals surface area (Å²) >= 11 is 0. The molecule has 0 aromatic rings. The summed E-state index contributed by atoms with van der Waals surface area (Å²) in [4.78, 5) is 0. The van der Waals surface area contributed by atoms with Crippen LogP contribution in [0.2, 0.25) is 0 Å². The first-order valence-electron chi connectivity index (χ1n) is 9.49. The lowest BCUT2D eigenvalue weighted by Gasteiger charge is -2.44. The van der Waals surface area contributed by atoms with Crippen molar-refractivity contribution in [2.45, 2.75) is 85.6 Å². The highest BCUT2D eigenvalue weighted by atomic mass is 14.9. The molecule has 2 fully saturated rings. The van der Waals surface area contributed by atoms with E-state index in [1.54, 1.807) is 0 Å². The molecule has 124 valence electrons. The lowest BCUT2D eigenvalue weighted by atomic mass is 9.62. The molecule has 0 aliphatic heterocycles. The van der Waals surface area contributed by atoms with Crippen molar-refractivity contribution in [3.05, 3.63) is 0 Å². The van der Waals surface area contributed by atoms with Crippen LogP contribution in [0.5, 0.6) is 0 Å². The van der Waals surface area contributed by atoms with Gasteiger partial charge in [-0.3, -0.25) is 0 Å². The number of hydrogen-bond acceptors (Lipinski definition) is 1. The molecule has 0 saturated heterocycles. The second-order valence-electron chi connectivity index (χ2n) is 9.65. The van der Waals surface area contributed by atoms with E-state index in [2.05, 4.69) is 46.9 Å². The maximum Gasteiger partial charge on any atom is 0.00966 e. The standard InChI is InChI=1S/C20H39N/c1-14-7-8-17(13-21-20(4,5)6)19(12-14)18-10-15(2)9-16(3)11-18/h14-19,21H,7-13H2,1-6H3. The Morgan fingerprint density at radius 2 is 1.43 bits per heavy atom. The van der Waals surface area contributed by atoms with Crippen LogP contribution in [0.3, 0.4) is 0 Å². The van der Waals surface area contributed by atoms with Crippen LogP contribution in [0, 0.1) is 35.5 Å². The van der Waals surface area contributed by atoms with Gasteiger partial charge >= 0.3 is 0 Å².